The Hall–Kier alpha value is -2.54. The summed E-state index contributed by atoms with van der Waals surface area (Å²) in [5.74, 6) is 0.0164. The Labute approximate surface area is 178 Å². The first kappa shape index (κ1) is 20.7. The second kappa shape index (κ2) is 8.68. The smallest absolute Gasteiger partial charge is 0.251 e. The molecule has 2 fully saturated rings. The Morgan fingerprint density at radius 3 is 2.10 bits per heavy atom. The highest BCUT2D eigenvalue weighted by molar-refractivity contribution is 7.92. The van der Waals surface area contributed by atoms with Gasteiger partial charge in [-0.2, -0.15) is 0 Å². The number of hydrogen-bond donors (Lipinski definition) is 1. The molecule has 0 spiro atoms. The predicted molar refractivity (Wildman–Crippen MR) is 121 cm³/mol. The van der Waals surface area contributed by atoms with Gasteiger partial charge in [-0.25, -0.2) is 8.42 Å². The van der Waals surface area contributed by atoms with Crippen LogP contribution in [-0.2, 0) is 10.0 Å². The van der Waals surface area contributed by atoms with Crippen molar-refractivity contribution in [2.24, 2.45) is 0 Å². The van der Waals surface area contributed by atoms with Crippen molar-refractivity contribution in [1.82, 2.24) is 5.32 Å². The quantitative estimate of drug-likeness (QED) is 0.790. The van der Waals surface area contributed by atoms with Gasteiger partial charge in [0.15, 0.2) is 0 Å². The second-order valence-electron chi connectivity index (χ2n) is 8.12. The molecule has 6 nitrogen and oxygen atoms in total. The summed E-state index contributed by atoms with van der Waals surface area (Å²) in [7, 11) is -3.25. The van der Waals surface area contributed by atoms with Crippen LogP contribution in [0, 0.1) is 0 Å². The molecule has 0 bridgehead atoms. The minimum Gasteiger partial charge on any atom is -0.372 e. The van der Waals surface area contributed by atoms with Crippen LogP contribution in [-0.4, -0.2) is 39.7 Å². The Balaban J connectivity index is 1.39. The van der Waals surface area contributed by atoms with Gasteiger partial charge in [-0.05, 0) is 74.6 Å². The number of sulfonamides is 1. The van der Waals surface area contributed by atoms with Crippen LogP contribution in [0.3, 0.4) is 0 Å². The van der Waals surface area contributed by atoms with E-state index in [2.05, 4.69) is 34.5 Å². The van der Waals surface area contributed by atoms with E-state index in [1.807, 2.05) is 6.92 Å². The fourth-order valence-corrected chi connectivity index (χ4v) is 5.81. The van der Waals surface area contributed by atoms with Gasteiger partial charge in [0, 0.05) is 30.9 Å². The summed E-state index contributed by atoms with van der Waals surface area (Å²) in [6, 6.07) is 15.1. The van der Waals surface area contributed by atoms with E-state index in [0.29, 0.717) is 24.2 Å². The maximum absolute atomic E-state index is 12.7. The van der Waals surface area contributed by atoms with Crippen molar-refractivity contribution in [3.8, 4) is 0 Å². The van der Waals surface area contributed by atoms with Crippen molar-refractivity contribution in [1.29, 1.82) is 0 Å². The highest BCUT2D eigenvalue weighted by Crippen LogP contribution is 2.25. The summed E-state index contributed by atoms with van der Waals surface area (Å²) in [5, 5.41) is 3.03. The van der Waals surface area contributed by atoms with E-state index in [9.17, 15) is 13.2 Å². The molecule has 2 aromatic carbocycles. The van der Waals surface area contributed by atoms with Crippen LogP contribution in [0.5, 0.6) is 0 Å². The summed E-state index contributed by atoms with van der Waals surface area (Å²) >= 11 is 0. The molecular formula is C23H29N3O3S. The highest BCUT2D eigenvalue weighted by atomic mass is 32.2. The molecule has 0 radical (unpaired) electrons. The Morgan fingerprint density at radius 1 is 0.867 bits per heavy atom. The first-order valence-corrected chi connectivity index (χ1v) is 12.3. The largest absolute Gasteiger partial charge is 0.372 e. The Morgan fingerprint density at radius 2 is 1.47 bits per heavy atom. The van der Waals surface area contributed by atoms with E-state index in [-0.39, 0.29) is 17.7 Å². The number of nitrogens with one attached hydrogen (secondary N) is 1. The molecule has 2 heterocycles. The van der Waals surface area contributed by atoms with E-state index in [0.717, 1.165) is 25.1 Å². The van der Waals surface area contributed by atoms with E-state index >= 15 is 0 Å². The van der Waals surface area contributed by atoms with Crippen molar-refractivity contribution in [3.63, 3.8) is 0 Å². The van der Waals surface area contributed by atoms with Crippen molar-refractivity contribution in [2.75, 3.05) is 34.6 Å². The number of hydrogen-bond acceptors (Lipinski definition) is 4. The number of benzene rings is 2. The van der Waals surface area contributed by atoms with Gasteiger partial charge < -0.3 is 10.2 Å². The van der Waals surface area contributed by atoms with Crippen LogP contribution in [0.15, 0.2) is 48.5 Å². The standard InChI is InChI=1S/C23H29N3O3S/c1-18(19-6-10-21(11-7-19)25-14-2-3-15-25)24-23(27)20-8-12-22(13-9-20)26-16-4-5-17-30(26,28)29/h6-13,18H,2-5,14-17H2,1H3,(H,24,27). The number of anilines is 2. The van der Waals surface area contributed by atoms with Gasteiger partial charge in [0.1, 0.15) is 0 Å². The molecule has 7 heteroatoms. The van der Waals surface area contributed by atoms with Gasteiger partial charge in [-0.15, -0.1) is 0 Å². The number of amides is 1. The van der Waals surface area contributed by atoms with Gasteiger partial charge in [0.05, 0.1) is 17.5 Å². The molecule has 1 amide bonds. The normalized spacial score (nSPS) is 19.5. The number of carbonyl (C=O) groups is 1. The zero-order valence-corrected chi connectivity index (χ0v) is 18.2. The Bertz CT molecular complexity index is 981. The maximum Gasteiger partial charge on any atom is 0.251 e. The third kappa shape index (κ3) is 4.46. The molecule has 4 rings (SSSR count). The number of carbonyl (C=O) groups excluding carboxylic acids is 1. The van der Waals surface area contributed by atoms with E-state index in [1.54, 1.807) is 24.3 Å². The van der Waals surface area contributed by atoms with Crippen molar-refractivity contribution in [2.45, 2.75) is 38.6 Å². The molecule has 1 atom stereocenters. The maximum atomic E-state index is 12.7. The fourth-order valence-electron chi connectivity index (χ4n) is 4.17. The van der Waals surface area contributed by atoms with E-state index in [4.69, 9.17) is 0 Å². The molecule has 30 heavy (non-hydrogen) atoms. The summed E-state index contributed by atoms with van der Waals surface area (Å²) in [5.41, 5.74) is 3.44. The molecule has 2 aliphatic rings. The zero-order chi connectivity index (χ0) is 21.1. The summed E-state index contributed by atoms with van der Waals surface area (Å²) < 4.78 is 26.0. The lowest BCUT2D eigenvalue weighted by molar-refractivity contribution is 0.0940. The van der Waals surface area contributed by atoms with Crippen LogP contribution in [0.2, 0.25) is 0 Å². The van der Waals surface area contributed by atoms with Gasteiger partial charge in [-0.1, -0.05) is 12.1 Å². The summed E-state index contributed by atoms with van der Waals surface area (Å²) in [4.78, 5) is 15.1. The predicted octanol–water partition coefficient (Wildman–Crippen LogP) is 3.71. The van der Waals surface area contributed by atoms with Crippen LogP contribution < -0.4 is 14.5 Å². The van der Waals surface area contributed by atoms with E-state index in [1.165, 1.54) is 22.8 Å². The molecule has 1 N–H and O–H groups in total. The van der Waals surface area contributed by atoms with Gasteiger partial charge in [0.25, 0.3) is 5.91 Å². The van der Waals surface area contributed by atoms with Crippen LogP contribution in [0.25, 0.3) is 0 Å². The molecule has 0 aliphatic carbocycles. The summed E-state index contributed by atoms with van der Waals surface area (Å²) in [6.07, 6.45) is 4.05. The molecule has 0 saturated carbocycles. The summed E-state index contributed by atoms with van der Waals surface area (Å²) in [6.45, 7) is 4.69. The van der Waals surface area contributed by atoms with E-state index < -0.39 is 10.0 Å². The topological polar surface area (TPSA) is 69.7 Å². The molecule has 1 unspecified atom stereocenters. The first-order chi connectivity index (χ1) is 14.4. The third-order valence-electron chi connectivity index (χ3n) is 5.98. The van der Waals surface area contributed by atoms with Crippen molar-refractivity contribution < 1.29 is 13.2 Å². The molecule has 160 valence electrons. The first-order valence-electron chi connectivity index (χ1n) is 10.7. The lowest BCUT2D eigenvalue weighted by Gasteiger charge is -2.28. The Kier molecular flexibility index (Phi) is 5.99. The fraction of sp³-hybridized carbons (Fsp3) is 0.435. The minimum absolute atomic E-state index is 0.118. The molecular weight excluding hydrogens is 398 g/mol. The van der Waals surface area contributed by atoms with Crippen LogP contribution >= 0.6 is 0 Å². The highest BCUT2D eigenvalue weighted by Gasteiger charge is 2.26. The third-order valence-corrected chi connectivity index (χ3v) is 7.85. The lowest BCUT2D eigenvalue weighted by Crippen LogP contribution is -2.37. The molecule has 2 aromatic rings. The van der Waals surface area contributed by atoms with Gasteiger partial charge in [-0.3, -0.25) is 9.10 Å². The minimum atomic E-state index is -3.25. The monoisotopic (exact) mass is 427 g/mol. The second-order valence-corrected chi connectivity index (χ2v) is 10.1. The van der Waals surface area contributed by atoms with Crippen molar-refractivity contribution >= 4 is 27.3 Å². The zero-order valence-electron chi connectivity index (χ0n) is 17.4. The number of rotatable bonds is 5. The average Bonchev–Trinajstić information content (AvgIpc) is 3.28. The number of nitrogens with zero attached hydrogens (tertiary/aromatic N) is 2. The van der Waals surface area contributed by atoms with Gasteiger partial charge in [0.2, 0.25) is 10.0 Å². The molecule has 0 aromatic heterocycles. The average molecular weight is 428 g/mol. The molecule has 2 saturated heterocycles. The van der Waals surface area contributed by atoms with Crippen LogP contribution in [0.4, 0.5) is 11.4 Å². The van der Waals surface area contributed by atoms with Gasteiger partial charge >= 0.3 is 0 Å². The van der Waals surface area contributed by atoms with Crippen LogP contribution in [0.1, 0.15) is 54.6 Å². The SMILES string of the molecule is CC(NC(=O)c1ccc(N2CCCCS2(=O)=O)cc1)c1ccc(N2CCCC2)cc1. The molecule has 2 aliphatic heterocycles. The lowest BCUT2D eigenvalue weighted by atomic mass is 10.1. The van der Waals surface area contributed by atoms with Crippen molar-refractivity contribution in [3.05, 3.63) is 59.7 Å².